The van der Waals surface area contributed by atoms with E-state index in [2.05, 4.69) is 29.6 Å². The van der Waals surface area contributed by atoms with Crippen molar-refractivity contribution in [1.82, 2.24) is 10.2 Å². The van der Waals surface area contributed by atoms with Gasteiger partial charge in [-0.25, -0.2) is 4.79 Å². The fraction of sp³-hybridized carbons (Fsp3) is 0.423. The number of amides is 2. The molecule has 174 valence electrons. The molecule has 3 atom stereocenters. The third-order valence-corrected chi connectivity index (χ3v) is 6.85. The second-order valence-electron chi connectivity index (χ2n) is 8.87. The summed E-state index contributed by atoms with van der Waals surface area (Å²) >= 11 is 0. The van der Waals surface area contributed by atoms with E-state index in [0.29, 0.717) is 25.8 Å². The lowest BCUT2D eigenvalue weighted by Gasteiger charge is -2.38. The Hall–Kier alpha value is -3.35. The molecule has 1 unspecified atom stereocenters. The quantitative estimate of drug-likeness (QED) is 0.693. The molecule has 2 aliphatic rings. The topological polar surface area (TPSA) is 95.9 Å². The monoisotopic (exact) mass is 450 g/mol. The molecule has 0 spiro atoms. The summed E-state index contributed by atoms with van der Waals surface area (Å²) in [7, 11) is 0. The van der Waals surface area contributed by atoms with Crippen LogP contribution in [0.2, 0.25) is 0 Å². The van der Waals surface area contributed by atoms with Crippen molar-refractivity contribution in [3.05, 3.63) is 59.7 Å². The Kier molecular flexibility index (Phi) is 6.67. The van der Waals surface area contributed by atoms with Gasteiger partial charge in [-0.3, -0.25) is 9.59 Å². The fourth-order valence-corrected chi connectivity index (χ4v) is 5.04. The van der Waals surface area contributed by atoms with E-state index in [1.165, 1.54) is 0 Å². The highest BCUT2D eigenvalue weighted by Gasteiger charge is 2.35. The van der Waals surface area contributed by atoms with Crippen LogP contribution in [-0.2, 0) is 14.3 Å². The molecule has 4 rings (SSSR count). The third kappa shape index (κ3) is 4.58. The molecule has 0 aromatic heterocycles. The van der Waals surface area contributed by atoms with Gasteiger partial charge in [0.25, 0.3) is 0 Å². The minimum atomic E-state index is -0.822. The molecular weight excluding hydrogens is 420 g/mol. The van der Waals surface area contributed by atoms with Gasteiger partial charge in [-0.1, -0.05) is 55.5 Å². The first-order chi connectivity index (χ1) is 15.9. The highest BCUT2D eigenvalue weighted by molar-refractivity contribution is 5.86. The summed E-state index contributed by atoms with van der Waals surface area (Å²) in [6.07, 6.45) is 0.647. The number of piperidine rings is 1. The Morgan fingerprint density at radius 3 is 2.24 bits per heavy atom. The number of hydrogen-bond donors (Lipinski definition) is 2. The number of carbonyl (C=O) groups excluding carboxylic acids is 2. The Morgan fingerprint density at radius 2 is 1.70 bits per heavy atom. The third-order valence-electron chi connectivity index (χ3n) is 6.85. The minimum Gasteiger partial charge on any atom is -0.481 e. The summed E-state index contributed by atoms with van der Waals surface area (Å²) in [6, 6.07) is 15.4. The maximum atomic E-state index is 13.0. The van der Waals surface area contributed by atoms with Crippen LogP contribution in [-0.4, -0.2) is 53.2 Å². The van der Waals surface area contributed by atoms with Crippen molar-refractivity contribution >= 4 is 18.0 Å². The lowest BCUT2D eigenvalue weighted by atomic mass is 9.91. The number of likely N-dealkylation sites (tertiary alicyclic amines) is 1. The number of alkyl carbamates (subject to hydrolysis) is 1. The Balaban J connectivity index is 1.37. The fourth-order valence-electron chi connectivity index (χ4n) is 5.04. The Labute approximate surface area is 193 Å². The summed E-state index contributed by atoms with van der Waals surface area (Å²) in [5.41, 5.74) is 4.57. The van der Waals surface area contributed by atoms with Gasteiger partial charge in [0.05, 0.1) is 5.92 Å². The van der Waals surface area contributed by atoms with Gasteiger partial charge in [0, 0.05) is 18.5 Å². The number of fused-ring (bicyclic) bond motifs is 3. The highest BCUT2D eigenvalue weighted by atomic mass is 16.5. The lowest BCUT2D eigenvalue weighted by molar-refractivity contribution is -0.148. The number of nitrogens with one attached hydrogen (secondary N) is 1. The average molecular weight is 451 g/mol. The molecule has 2 N–H and O–H groups in total. The molecule has 2 amide bonds. The van der Waals surface area contributed by atoms with Gasteiger partial charge in [0.15, 0.2) is 0 Å². The predicted molar refractivity (Wildman–Crippen MR) is 124 cm³/mol. The molecule has 1 heterocycles. The maximum Gasteiger partial charge on any atom is 0.407 e. The number of rotatable bonds is 6. The van der Waals surface area contributed by atoms with Crippen molar-refractivity contribution in [1.29, 1.82) is 0 Å². The van der Waals surface area contributed by atoms with Crippen molar-refractivity contribution in [2.75, 3.05) is 13.2 Å². The molecule has 1 saturated heterocycles. The molecule has 0 radical (unpaired) electrons. The predicted octanol–water partition coefficient (Wildman–Crippen LogP) is 4.02. The van der Waals surface area contributed by atoms with Gasteiger partial charge in [0.1, 0.15) is 12.6 Å². The van der Waals surface area contributed by atoms with E-state index in [1.54, 1.807) is 4.90 Å². The molecule has 7 nitrogen and oxygen atoms in total. The lowest BCUT2D eigenvalue weighted by Crippen LogP contribution is -2.54. The zero-order valence-electron chi connectivity index (χ0n) is 19.0. The Morgan fingerprint density at radius 1 is 1.09 bits per heavy atom. The number of nitrogens with zero attached hydrogens (tertiary/aromatic N) is 1. The van der Waals surface area contributed by atoms with Gasteiger partial charge in [0.2, 0.25) is 5.91 Å². The number of aliphatic carboxylic acids is 1. The van der Waals surface area contributed by atoms with Gasteiger partial charge < -0.3 is 20.1 Å². The van der Waals surface area contributed by atoms with Crippen molar-refractivity contribution in [3.63, 3.8) is 0 Å². The van der Waals surface area contributed by atoms with Crippen LogP contribution in [0.15, 0.2) is 48.5 Å². The standard InChI is InChI=1S/C26H30N2O5/c1-3-23(24(29)28-13-12-17(25(30)31)14-16(28)2)27-26(32)33-15-22-20-10-6-4-8-18(20)19-9-5-7-11-21(19)22/h4-11,16-17,22-23H,3,12-15H2,1-2H3,(H,27,32)(H,30,31)/t16-,17-,23?/m0/s1. The molecule has 33 heavy (non-hydrogen) atoms. The normalized spacial score (nSPS) is 20.5. The largest absolute Gasteiger partial charge is 0.481 e. The van der Waals surface area contributed by atoms with E-state index in [4.69, 9.17) is 4.74 Å². The van der Waals surface area contributed by atoms with Gasteiger partial charge in [-0.2, -0.15) is 0 Å². The van der Waals surface area contributed by atoms with Crippen LogP contribution in [0.3, 0.4) is 0 Å². The van der Waals surface area contributed by atoms with Crippen molar-refractivity contribution < 1.29 is 24.2 Å². The van der Waals surface area contributed by atoms with E-state index in [-0.39, 0.29) is 24.5 Å². The molecule has 7 heteroatoms. The molecule has 1 aliphatic carbocycles. The minimum absolute atomic E-state index is 0.0472. The summed E-state index contributed by atoms with van der Waals surface area (Å²) in [4.78, 5) is 38.6. The van der Waals surface area contributed by atoms with Crippen LogP contribution in [0.5, 0.6) is 0 Å². The zero-order chi connectivity index (χ0) is 23.5. The van der Waals surface area contributed by atoms with Crippen molar-refractivity contribution in [3.8, 4) is 11.1 Å². The number of carboxylic acid groups (broad SMARTS) is 1. The average Bonchev–Trinajstić information content (AvgIpc) is 3.14. The van der Waals surface area contributed by atoms with E-state index >= 15 is 0 Å². The second kappa shape index (κ2) is 9.65. The van der Waals surface area contributed by atoms with E-state index in [0.717, 1.165) is 22.3 Å². The Bertz CT molecular complexity index is 1010. The van der Waals surface area contributed by atoms with Crippen LogP contribution in [0, 0.1) is 5.92 Å². The number of carboxylic acids is 1. The van der Waals surface area contributed by atoms with Crippen LogP contribution in [0.1, 0.15) is 50.2 Å². The maximum absolute atomic E-state index is 13.0. The zero-order valence-corrected chi connectivity index (χ0v) is 19.0. The summed E-state index contributed by atoms with van der Waals surface area (Å²) < 4.78 is 5.59. The molecular formula is C26H30N2O5. The van der Waals surface area contributed by atoms with Crippen LogP contribution in [0.25, 0.3) is 11.1 Å². The highest BCUT2D eigenvalue weighted by Crippen LogP contribution is 2.44. The van der Waals surface area contributed by atoms with Crippen LogP contribution >= 0.6 is 0 Å². The molecule has 2 aromatic carbocycles. The first kappa shape index (κ1) is 22.8. The first-order valence-electron chi connectivity index (χ1n) is 11.6. The van der Waals surface area contributed by atoms with E-state index < -0.39 is 24.0 Å². The van der Waals surface area contributed by atoms with E-state index in [1.807, 2.05) is 38.1 Å². The summed E-state index contributed by atoms with van der Waals surface area (Å²) in [6.45, 7) is 4.25. The molecule has 1 aliphatic heterocycles. The first-order valence-corrected chi connectivity index (χ1v) is 11.6. The van der Waals surface area contributed by atoms with Gasteiger partial charge in [-0.15, -0.1) is 0 Å². The summed E-state index contributed by atoms with van der Waals surface area (Å²) in [5.74, 6) is -1.49. The molecule has 0 bridgehead atoms. The van der Waals surface area contributed by atoms with Crippen molar-refractivity contribution in [2.45, 2.75) is 51.1 Å². The number of hydrogen-bond acceptors (Lipinski definition) is 4. The number of ether oxygens (including phenoxy) is 1. The SMILES string of the molecule is CCC(NC(=O)OCC1c2ccccc2-c2ccccc21)C(=O)N1CC[C@H](C(=O)O)C[C@@H]1C. The molecule has 0 saturated carbocycles. The van der Waals surface area contributed by atoms with Gasteiger partial charge in [-0.05, 0) is 48.4 Å². The van der Waals surface area contributed by atoms with Crippen LogP contribution in [0.4, 0.5) is 4.79 Å². The smallest absolute Gasteiger partial charge is 0.407 e. The molecule has 2 aromatic rings. The summed E-state index contributed by atoms with van der Waals surface area (Å²) in [5, 5.41) is 12.0. The number of carbonyl (C=O) groups is 3. The molecule has 1 fully saturated rings. The second-order valence-corrected chi connectivity index (χ2v) is 8.87. The van der Waals surface area contributed by atoms with Crippen LogP contribution < -0.4 is 5.32 Å². The number of benzene rings is 2. The van der Waals surface area contributed by atoms with Gasteiger partial charge >= 0.3 is 12.1 Å². The van der Waals surface area contributed by atoms with E-state index in [9.17, 15) is 19.5 Å². The van der Waals surface area contributed by atoms with Crippen molar-refractivity contribution in [2.24, 2.45) is 5.92 Å².